The molecule has 0 spiro atoms. The first-order chi connectivity index (χ1) is 11.1. The van der Waals surface area contributed by atoms with Gasteiger partial charge < -0.3 is 0 Å². The Labute approximate surface area is 137 Å². The lowest BCUT2D eigenvalue weighted by Gasteiger charge is -2.21. The number of hydrogen-bond donors (Lipinski definition) is 0. The Morgan fingerprint density at radius 3 is 2.17 bits per heavy atom. The summed E-state index contributed by atoms with van der Waals surface area (Å²) in [5.74, 6) is 0. The fourth-order valence-corrected chi connectivity index (χ4v) is 2.20. The van der Waals surface area contributed by atoms with E-state index in [0.717, 1.165) is 23.2 Å². The molecule has 4 nitrogen and oxygen atoms in total. The molecule has 2 aromatic rings. The van der Waals surface area contributed by atoms with E-state index < -0.39 is 6.09 Å². The van der Waals surface area contributed by atoms with Crippen molar-refractivity contribution in [2.24, 2.45) is 0 Å². The third kappa shape index (κ3) is 4.83. The summed E-state index contributed by atoms with van der Waals surface area (Å²) in [6, 6.07) is 18.0. The summed E-state index contributed by atoms with van der Waals surface area (Å²) in [6.07, 6.45) is 0.174. The number of rotatable bonds is 6. The van der Waals surface area contributed by atoms with Crippen LogP contribution in [0.5, 0.6) is 0 Å². The van der Waals surface area contributed by atoms with Crippen molar-refractivity contribution in [1.29, 1.82) is 0 Å². The van der Waals surface area contributed by atoms with Crippen LogP contribution in [-0.4, -0.2) is 18.7 Å². The fraction of sp³-hybridized carbons (Fsp3) is 0.316. The van der Waals surface area contributed by atoms with Crippen molar-refractivity contribution >= 4 is 11.8 Å². The quantitative estimate of drug-likeness (QED) is 0.553. The van der Waals surface area contributed by atoms with E-state index in [-0.39, 0.29) is 6.10 Å². The molecule has 0 bridgehead atoms. The van der Waals surface area contributed by atoms with Gasteiger partial charge in [-0.15, -0.1) is 0 Å². The molecule has 0 saturated heterocycles. The van der Waals surface area contributed by atoms with Gasteiger partial charge in [-0.25, -0.2) is 4.79 Å². The Bertz CT molecular complexity index is 608. The van der Waals surface area contributed by atoms with E-state index in [1.54, 1.807) is 4.90 Å². The molecule has 0 heterocycles. The SMILES string of the molecule is CCCN(C(=O)OOC(C)C)c1ccc(-c2ccccc2)cc1. The predicted octanol–water partition coefficient (Wildman–Crippen LogP) is 5.05. The van der Waals surface area contributed by atoms with E-state index in [1.807, 2.05) is 63.2 Å². The second-order valence-corrected chi connectivity index (χ2v) is 5.56. The molecule has 122 valence electrons. The first-order valence-electron chi connectivity index (χ1n) is 7.92. The molecule has 0 unspecified atom stereocenters. The molecular formula is C19H23NO3. The number of benzene rings is 2. The summed E-state index contributed by atoms with van der Waals surface area (Å²) < 4.78 is 0. The molecule has 0 aliphatic carbocycles. The minimum absolute atomic E-state index is 0.164. The van der Waals surface area contributed by atoms with Crippen LogP contribution in [0.15, 0.2) is 54.6 Å². The molecule has 4 heteroatoms. The minimum atomic E-state index is -0.493. The maximum Gasteiger partial charge on any atom is 0.445 e. The lowest BCUT2D eigenvalue weighted by Crippen LogP contribution is -2.32. The van der Waals surface area contributed by atoms with Crippen molar-refractivity contribution in [3.05, 3.63) is 54.6 Å². The van der Waals surface area contributed by atoms with Crippen LogP contribution < -0.4 is 4.90 Å². The van der Waals surface area contributed by atoms with Crippen LogP contribution in [0.25, 0.3) is 11.1 Å². The van der Waals surface area contributed by atoms with E-state index in [2.05, 4.69) is 12.1 Å². The number of carbonyl (C=O) groups excluding carboxylic acids is 1. The number of nitrogens with zero attached hydrogens (tertiary/aromatic N) is 1. The third-order valence-electron chi connectivity index (χ3n) is 3.27. The zero-order valence-corrected chi connectivity index (χ0v) is 13.9. The van der Waals surface area contributed by atoms with Crippen LogP contribution in [0.1, 0.15) is 27.2 Å². The van der Waals surface area contributed by atoms with Crippen LogP contribution >= 0.6 is 0 Å². The average Bonchev–Trinajstić information content (AvgIpc) is 2.58. The zero-order valence-electron chi connectivity index (χ0n) is 13.9. The highest BCUT2D eigenvalue weighted by Crippen LogP contribution is 2.23. The van der Waals surface area contributed by atoms with Crippen molar-refractivity contribution in [3.8, 4) is 11.1 Å². The van der Waals surface area contributed by atoms with Gasteiger partial charge in [0.2, 0.25) is 0 Å². The fourth-order valence-electron chi connectivity index (χ4n) is 2.20. The number of hydrogen-bond acceptors (Lipinski definition) is 3. The van der Waals surface area contributed by atoms with Crippen LogP contribution in [0.4, 0.5) is 10.5 Å². The van der Waals surface area contributed by atoms with Crippen molar-refractivity contribution in [1.82, 2.24) is 0 Å². The monoisotopic (exact) mass is 313 g/mol. The molecule has 0 aliphatic rings. The molecule has 1 amide bonds. The third-order valence-corrected chi connectivity index (χ3v) is 3.27. The molecule has 0 N–H and O–H groups in total. The predicted molar refractivity (Wildman–Crippen MR) is 92.2 cm³/mol. The first-order valence-corrected chi connectivity index (χ1v) is 7.92. The molecule has 0 atom stereocenters. The second-order valence-electron chi connectivity index (χ2n) is 5.56. The van der Waals surface area contributed by atoms with E-state index in [1.165, 1.54) is 0 Å². The van der Waals surface area contributed by atoms with Gasteiger partial charge in [0.15, 0.2) is 0 Å². The Kier molecular flexibility index (Phi) is 6.18. The largest absolute Gasteiger partial charge is 0.445 e. The van der Waals surface area contributed by atoms with E-state index in [0.29, 0.717) is 6.54 Å². The van der Waals surface area contributed by atoms with Crippen LogP contribution in [-0.2, 0) is 9.78 Å². The molecule has 0 aliphatic heterocycles. The van der Waals surface area contributed by atoms with Crippen LogP contribution in [0.2, 0.25) is 0 Å². The van der Waals surface area contributed by atoms with E-state index in [4.69, 9.17) is 9.78 Å². The first kappa shape index (κ1) is 17.0. The summed E-state index contributed by atoms with van der Waals surface area (Å²) in [7, 11) is 0. The molecule has 0 aromatic heterocycles. The Hall–Kier alpha value is -2.33. The molecule has 0 fully saturated rings. The summed E-state index contributed by atoms with van der Waals surface area (Å²) in [6.45, 7) is 6.21. The van der Waals surface area contributed by atoms with Gasteiger partial charge in [-0.05, 0) is 43.5 Å². The molecular weight excluding hydrogens is 290 g/mol. The summed E-state index contributed by atoms with van der Waals surface area (Å²) in [4.78, 5) is 23.6. The van der Waals surface area contributed by atoms with Gasteiger partial charge in [-0.2, -0.15) is 4.89 Å². The normalized spacial score (nSPS) is 10.6. The maximum absolute atomic E-state index is 12.2. The van der Waals surface area contributed by atoms with Crippen molar-refractivity contribution in [2.45, 2.75) is 33.3 Å². The molecule has 0 radical (unpaired) electrons. The lowest BCUT2D eigenvalue weighted by molar-refractivity contribution is -0.262. The lowest BCUT2D eigenvalue weighted by atomic mass is 10.1. The van der Waals surface area contributed by atoms with E-state index >= 15 is 0 Å². The molecule has 2 rings (SSSR count). The molecule has 2 aromatic carbocycles. The summed E-state index contributed by atoms with van der Waals surface area (Å²) >= 11 is 0. The topological polar surface area (TPSA) is 38.8 Å². The number of amides is 1. The maximum atomic E-state index is 12.2. The smallest absolute Gasteiger partial charge is 0.276 e. The highest BCUT2D eigenvalue weighted by atomic mass is 17.2. The summed E-state index contributed by atoms with van der Waals surface area (Å²) in [5, 5.41) is 0. The molecule has 0 saturated carbocycles. The van der Waals surface area contributed by atoms with Gasteiger partial charge in [-0.1, -0.05) is 49.4 Å². The van der Waals surface area contributed by atoms with Crippen LogP contribution in [0, 0.1) is 0 Å². The van der Waals surface area contributed by atoms with Crippen molar-refractivity contribution in [3.63, 3.8) is 0 Å². The standard InChI is InChI=1S/C19H23NO3/c1-4-14-20(19(21)23-22-15(2)3)18-12-10-17(11-13-18)16-8-6-5-7-9-16/h5-13,15H,4,14H2,1-3H3. The minimum Gasteiger partial charge on any atom is -0.276 e. The Morgan fingerprint density at radius 1 is 1.00 bits per heavy atom. The van der Waals surface area contributed by atoms with Gasteiger partial charge >= 0.3 is 6.09 Å². The number of anilines is 1. The summed E-state index contributed by atoms with van der Waals surface area (Å²) in [5.41, 5.74) is 3.05. The van der Waals surface area contributed by atoms with Gasteiger partial charge in [0.25, 0.3) is 0 Å². The van der Waals surface area contributed by atoms with Gasteiger partial charge in [-0.3, -0.25) is 9.79 Å². The second kappa shape index (κ2) is 8.34. The Morgan fingerprint density at radius 2 is 1.61 bits per heavy atom. The number of carbonyl (C=O) groups is 1. The van der Waals surface area contributed by atoms with Gasteiger partial charge in [0, 0.05) is 12.2 Å². The average molecular weight is 313 g/mol. The van der Waals surface area contributed by atoms with E-state index in [9.17, 15) is 4.79 Å². The van der Waals surface area contributed by atoms with Crippen molar-refractivity contribution < 1.29 is 14.6 Å². The van der Waals surface area contributed by atoms with Crippen molar-refractivity contribution in [2.75, 3.05) is 11.4 Å². The zero-order chi connectivity index (χ0) is 16.7. The molecule has 23 heavy (non-hydrogen) atoms. The van der Waals surface area contributed by atoms with Gasteiger partial charge in [0.05, 0.1) is 6.10 Å². The van der Waals surface area contributed by atoms with Gasteiger partial charge in [0.1, 0.15) is 0 Å². The van der Waals surface area contributed by atoms with Crippen LogP contribution in [0.3, 0.4) is 0 Å². The highest BCUT2D eigenvalue weighted by molar-refractivity contribution is 5.87. The highest BCUT2D eigenvalue weighted by Gasteiger charge is 2.18. The Balaban J connectivity index is 2.15.